The van der Waals surface area contributed by atoms with Crippen LogP contribution < -0.4 is 10.1 Å². The first-order valence-electron chi connectivity index (χ1n) is 7.71. The fourth-order valence-corrected chi connectivity index (χ4v) is 2.69. The van der Waals surface area contributed by atoms with Gasteiger partial charge in [0.05, 0.1) is 11.5 Å². The van der Waals surface area contributed by atoms with Crippen molar-refractivity contribution in [2.24, 2.45) is 0 Å². The average Bonchev–Trinajstić information content (AvgIpc) is 2.53. The number of rotatable bonds is 7. The first kappa shape index (κ1) is 16.2. The number of nitrogens with zero attached hydrogens (tertiary/aromatic N) is 3. The molecule has 0 saturated heterocycles. The third-order valence-electron chi connectivity index (χ3n) is 3.72. The molecule has 0 amide bonds. The van der Waals surface area contributed by atoms with Gasteiger partial charge in [-0.15, -0.1) is 6.58 Å². The zero-order valence-corrected chi connectivity index (χ0v) is 12.9. The van der Waals surface area contributed by atoms with Crippen LogP contribution in [0.4, 0.5) is 11.5 Å². The average molecular weight is 306 g/mol. The number of aromatic nitrogens is 2. The Hall–Kier alpha value is -2.18. The van der Waals surface area contributed by atoms with Crippen LogP contribution >= 0.6 is 0 Å². The van der Waals surface area contributed by atoms with E-state index in [4.69, 9.17) is 4.74 Å². The van der Waals surface area contributed by atoms with E-state index >= 15 is 0 Å². The molecule has 1 aliphatic carbocycles. The summed E-state index contributed by atoms with van der Waals surface area (Å²) >= 11 is 0. The Bertz CT molecular complexity index is 542. The minimum Gasteiger partial charge on any atom is -0.473 e. The van der Waals surface area contributed by atoms with Crippen LogP contribution in [0.25, 0.3) is 0 Å². The molecule has 0 bridgehead atoms. The van der Waals surface area contributed by atoms with E-state index in [1.54, 1.807) is 13.0 Å². The van der Waals surface area contributed by atoms with Crippen LogP contribution in [0.5, 0.6) is 5.88 Å². The molecule has 1 saturated carbocycles. The fourth-order valence-electron chi connectivity index (χ4n) is 2.69. The maximum Gasteiger partial charge on any atom is 0.372 e. The van der Waals surface area contributed by atoms with Crippen LogP contribution in [0.1, 0.15) is 50.8 Å². The summed E-state index contributed by atoms with van der Waals surface area (Å²) in [4.78, 5) is 19.6. The number of nitrogens with one attached hydrogen (secondary N) is 1. The summed E-state index contributed by atoms with van der Waals surface area (Å²) in [5.41, 5.74) is -0.205. The maximum absolute atomic E-state index is 11.3. The lowest BCUT2D eigenvalue weighted by molar-refractivity contribution is -0.385. The Labute approximate surface area is 130 Å². The predicted octanol–water partition coefficient (Wildman–Crippen LogP) is 3.43. The molecule has 0 radical (unpaired) electrons. The summed E-state index contributed by atoms with van der Waals surface area (Å²) in [6.07, 6.45) is 7.18. The minimum atomic E-state index is -0.499. The quantitative estimate of drug-likeness (QED) is 0.471. The Morgan fingerprint density at radius 1 is 1.41 bits per heavy atom. The van der Waals surface area contributed by atoms with Crippen molar-refractivity contribution in [1.29, 1.82) is 0 Å². The normalized spacial score (nSPS) is 15.3. The summed E-state index contributed by atoms with van der Waals surface area (Å²) in [6.45, 7) is 6.11. The fraction of sp³-hybridized carbons (Fsp3) is 0.600. The van der Waals surface area contributed by atoms with Crippen molar-refractivity contribution >= 4 is 11.5 Å². The highest BCUT2D eigenvalue weighted by molar-refractivity contribution is 5.62. The van der Waals surface area contributed by atoms with E-state index in [0.717, 1.165) is 25.7 Å². The summed E-state index contributed by atoms with van der Waals surface area (Å²) in [5, 5.41) is 14.3. The molecule has 0 atom stereocenters. The van der Waals surface area contributed by atoms with E-state index in [1.807, 2.05) is 0 Å². The highest BCUT2D eigenvalue weighted by Gasteiger charge is 2.29. The molecule has 2 rings (SSSR count). The van der Waals surface area contributed by atoms with Crippen molar-refractivity contribution in [2.45, 2.75) is 44.9 Å². The predicted molar refractivity (Wildman–Crippen MR) is 84.4 cm³/mol. The Kier molecular flexibility index (Phi) is 5.68. The Morgan fingerprint density at radius 2 is 2.14 bits per heavy atom. The lowest BCUT2D eigenvalue weighted by Crippen LogP contribution is -2.14. The van der Waals surface area contributed by atoms with Gasteiger partial charge in [0.25, 0.3) is 5.88 Å². The summed E-state index contributed by atoms with van der Waals surface area (Å²) in [7, 11) is 0. The second-order valence-electron chi connectivity index (χ2n) is 5.28. The highest BCUT2D eigenvalue weighted by Crippen LogP contribution is 2.37. The summed E-state index contributed by atoms with van der Waals surface area (Å²) in [6, 6.07) is 0. The Morgan fingerprint density at radius 3 is 2.73 bits per heavy atom. The summed E-state index contributed by atoms with van der Waals surface area (Å²) < 4.78 is 5.39. The molecule has 0 aromatic carbocycles. The van der Waals surface area contributed by atoms with Gasteiger partial charge < -0.3 is 10.1 Å². The monoisotopic (exact) mass is 306 g/mol. The number of hydrogen-bond acceptors (Lipinski definition) is 6. The van der Waals surface area contributed by atoms with E-state index in [9.17, 15) is 10.1 Å². The largest absolute Gasteiger partial charge is 0.473 e. The van der Waals surface area contributed by atoms with Crippen LogP contribution in [-0.2, 0) is 0 Å². The molecule has 1 N–H and O–H groups in total. The van der Waals surface area contributed by atoms with Crippen molar-refractivity contribution in [3.8, 4) is 5.88 Å². The van der Waals surface area contributed by atoms with Gasteiger partial charge in [-0.05, 0) is 19.8 Å². The number of ether oxygens (including phenoxy) is 1. The Balaban J connectivity index is 2.43. The van der Waals surface area contributed by atoms with E-state index in [-0.39, 0.29) is 23.3 Å². The molecule has 0 aliphatic heterocycles. The standard InChI is InChI=1S/C15H22N4O3/c1-3-10-16-14-12(19(20)21)15(22-4-2)18-13(17-14)11-8-6-5-7-9-11/h3,11H,1,4-10H2,2H3,(H,16,17,18). The molecular weight excluding hydrogens is 284 g/mol. The molecule has 0 spiro atoms. The molecule has 1 aliphatic rings. The lowest BCUT2D eigenvalue weighted by atomic mass is 9.88. The molecule has 1 aromatic rings. The SMILES string of the molecule is C=CCNc1nc(C2CCCCC2)nc(OCC)c1[N+](=O)[O-]. The van der Waals surface area contributed by atoms with Crippen LogP contribution in [0.15, 0.2) is 12.7 Å². The molecular formula is C15H22N4O3. The van der Waals surface area contributed by atoms with Gasteiger partial charge in [-0.3, -0.25) is 10.1 Å². The van der Waals surface area contributed by atoms with E-state index < -0.39 is 4.92 Å². The van der Waals surface area contributed by atoms with Gasteiger partial charge in [0.1, 0.15) is 5.82 Å². The van der Waals surface area contributed by atoms with Crippen molar-refractivity contribution in [1.82, 2.24) is 9.97 Å². The number of nitro groups is 1. The van der Waals surface area contributed by atoms with Gasteiger partial charge in [-0.1, -0.05) is 25.3 Å². The van der Waals surface area contributed by atoms with Crippen molar-refractivity contribution in [3.05, 3.63) is 28.6 Å². The number of anilines is 1. The molecule has 120 valence electrons. The third-order valence-corrected chi connectivity index (χ3v) is 3.72. The maximum atomic E-state index is 11.3. The van der Waals surface area contributed by atoms with Gasteiger partial charge >= 0.3 is 5.69 Å². The highest BCUT2D eigenvalue weighted by atomic mass is 16.6. The molecule has 7 heteroatoms. The molecule has 0 unspecified atom stereocenters. The number of hydrogen-bond donors (Lipinski definition) is 1. The molecule has 1 aromatic heterocycles. The topological polar surface area (TPSA) is 90.2 Å². The zero-order valence-electron chi connectivity index (χ0n) is 12.9. The smallest absolute Gasteiger partial charge is 0.372 e. The molecule has 1 fully saturated rings. The van der Waals surface area contributed by atoms with Crippen molar-refractivity contribution in [3.63, 3.8) is 0 Å². The minimum absolute atomic E-state index is 0.0506. The van der Waals surface area contributed by atoms with Gasteiger partial charge in [0.2, 0.25) is 5.82 Å². The third kappa shape index (κ3) is 3.72. The van der Waals surface area contributed by atoms with Gasteiger partial charge in [-0.2, -0.15) is 4.98 Å². The van der Waals surface area contributed by atoms with Crippen molar-refractivity contribution in [2.75, 3.05) is 18.5 Å². The van der Waals surface area contributed by atoms with E-state index in [1.165, 1.54) is 6.42 Å². The van der Waals surface area contributed by atoms with E-state index in [0.29, 0.717) is 19.0 Å². The lowest BCUT2D eigenvalue weighted by Gasteiger charge is -2.21. The van der Waals surface area contributed by atoms with Crippen molar-refractivity contribution < 1.29 is 9.66 Å². The molecule has 1 heterocycles. The van der Waals surface area contributed by atoms with Crippen LogP contribution in [0.2, 0.25) is 0 Å². The van der Waals surface area contributed by atoms with Gasteiger partial charge in [0.15, 0.2) is 0 Å². The zero-order chi connectivity index (χ0) is 15.9. The first-order chi connectivity index (χ1) is 10.7. The van der Waals surface area contributed by atoms with Crippen LogP contribution in [-0.4, -0.2) is 28.0 Å². The first-order valence-corrected chi connectivity index (χ1v) is 7.71. The molecule has 7 nitrogen and oxygen atoms in total. The second kappa shape index (κ2) is 7.72. The van der Waals surface area contributed by atoms with E-state index in [2.05, 4.69) is 21.9 Å². The van der Waals surface area contributed by atoms with Gasteiger partial charge in [-0.25, -0.2) is 4.98 Å². The van der Waals surface area contributed by atoms with Crippen LogP contribution in [0, 0.1) is 10.1 Å². The summed E-state index contributed by atoms with van der Waals surface area (Å²) in [5.74, 6) is 1.15. The second-order valence-corrected chi connectivity index (χ2v) is 5.28. The van der Waals surface area contributed by atoms with Gasteiger partial charge in [0, 0.05) is 12.5 Å². The van der Waals surface area contributed by atoms with Crippen LogP contribution in [0.3, 0.4) is 0 Å². The molecule has 22 heavy (non-hydrogen) atoms.